The average Bonchev–Trinajstić information content (AvgIpc) is 2.19. The smallest absolute Gasteiger partial charge is 0.176 e. The van der Waals surface area contributed by atoms with E-state index in [2.05, 4.69) is 17.8 Å². The Hall–Kier alpha value is -1.70. The molecule has 1 N–H and O–H groups in total. The Morgan fingerprint density at radius 3 is 2.62 bits per heavy atom. The molecule has 0 fully saturated rings. The lowest BCUT2D eigenvalue weighted by atomic mass is 10.1. The van der Waals surface area contributed by atoms with Gasteiger partial charge in [0, 0.05) is 6.42 Å². The van der Waals surface area contributed by atoms with E-state index in [0.29, 0.717) is 6.42 Å². The van der Waals surface area contributed by atoms with Gasteiger partial charge in [0.05, 0.1) is 0 Å². The van der Waals surface area contributed by atoms with Crippen LogP contribution in [-0.4, -0.2) is 11.2 Å². The number of aliphatic hydroxyl groups excluding tert-OH is 1. The minimum absolute atomic E-state index is 0.625. The van der Waals surface area contributed by atoms with Crippen molar-refractivity contribution in [3.63, 3.8) is 0 Å². The van der Waals surface area contributed by atoms with Crippen LogP contribution in [0.2, 0.25) is 0 Å². The summed E-state index contributed by atoms with van der Waals surface area (Å²) in [7, 11) is 0. The summed E-state index contributed by atoms with van der Waals surface area (Å²) in [5.41, 5.74) is 1.12. The van der Waals surface area contributed by atoms with Crippen molar-refractivity contribution in [2.45, 2.75) is 12.5 Å². The fourth-order valence-electron chi connectivity index (χ4n) is 0.887. The Morgan fingerprint density at radius 1 is 1.31 bits per heavy atom. The second kappa shape index (κ2) is 5.04. The molecule has 1 atom stereocenters. The molecule has 0 amide bonds. The van der Waals surface area contributed by atoms with Crippen molar-refractivity contribution < 1.29 is 5.11 Å². The average molecular weight is 170 g/mol. The largest absolute Gasteiger partial charge is 0.369 e. The molecule has 0 aromatic heterocycles. The third-order valence-corrected chi connectivity index (χ3v) is 1.53. The normalized spacial score (nSPS) is 10.8. The van der Waals surface area contributed by atoms with Crippen LogP contribution in [0.15, 0.2) is 30.3 Å². The van der Waals surface area contributed by atoms with Gasteiger partial charge in [-0.05, 0) is 5.56 Å². The van der Waals surface area contributed by atoms with Crippen molar-refractivity contribution in [1.29, 1.82) is 0 Å². The molecule has 1 unspecified atom stereocenters. The lowest BCUT2D eigenvalue weighted by Gasteiger charge is -1.92. The van der Waals surface area contributed by atoms with E-state index < -0.39 is 6.10 Å². The standard InChI is InChI=1S/C12H10O/c1-2-12(13)10-6-9-11-7-4-3-5-8-11/h1,3-5,7-8,12-13H,9H2. The maximum Gasteiger partial charge on any atom is 0.176 e. The number of hydrogen-bond acceptors (Lipinski definition) is 1. The lowest BCUT2D eigenvalue weighted by Crippen LogP contribution is -1.96. The minimum Gasteiger partial charge on any atom is -0.369 e. The van der Waals surface area contributed by atoms with Gasteiger partial charge in [0.15, 0.2) is 6.10 Å². The first-order chi connectivity index (χ1) is 6.33. The van der Waals surface area contributed by atoms with Gasteiger partial charge in [-0.15, -0.1) is 6.42 Å². The third-order valence-electron chi connectivity index (χ3n) is 1.53. The van der Waals surface area contributed by atoms with Gasteiger partial charge in [-0.3, -0.25) is 0 Å². The molecule has 64 valence electrons. The monoisotopic (exact) mass is 170 g/mol. The summed E-state index contributed by atoms with van der Waals surface area (Å²) < 4.78 is 0. The quantitative estimate of drug-likeness (QED) is 0.628. The summed E-state index contributed by atoms with van der Waals surface area (Å²) >= 11 is 0. The van der Waals surface area contributed by atoms with Crippen molar-refractivity contribution >= 4 is 0 Å². The molecule has 0 radical (unpaired) electrons. The van der Waals surface area contributed by atoms with Crippen LogP contribution < -0.4 is 0 Å². The van der Waals surface area contributed by atoms with Crippen molar-refractivity contribution in [2.24, 2.45) is 0 Å². The summed E-state index contributed by atoms with van der Waals surface area (Å²) in [6, 6.07) is 9.82. The molecule has 0 aliphatic heterocycles. The van der Waals surface area contributed by atoms with Gasteiger partial charge in [-0.1, -0.05) is 48.1 Å². The van der Waals surface area contributed by atoms with Gasteiger partial charge in [0.1, 0.15) is 0 Å². The first kappa shape index (κ1) is 9.39. The van der Waals surface area contributed by atoms with Crippen LogP contribution in [0, 0.1) is 24.2 Å². The summed E-state index contributed by atoms with van der Waals surface area (Å²) in [4.78, 5) is 0. The van der Waals surface area contributed by atoms with E-state index in [4.69, 9.17) is 11.5 Å². The second-order valence-electron chi connectivity index (χ2n) is 2.55. The van der Waals surface area contributed by atoms with Crippen LogP contribution >= 0.6 is 0 Å². The van der Waals surface area contributed by atoms with Gasteiger partial charge >= 0.3 is 0 Å². The van der Waals surface area contributed by atoms with Crippen molar-refractivity contribution in [2.75, 3.05) is 0 Å². The summed E-state index contributed by atoms with van der Waals surface area (Å²) in [5, 5.41) is 8.93. The molecule has 1 aromatic carbocycles. The molecule has 0 saturated carbocycles. The van der Waals surface area contributed by atoms with E-state index in [0.717, 1.165) is 5.56 Å². The third kappa shape index (κ3) is 3.47. The van der Waals surface area contributed by atoms with Gasteiger partial charge in [0.25, 0.3) is 0 Å². The zero-order valence-electron chi connectivity index (χ0n) is 7.20. The first-order valence-electron chi connectivity index (χ1n) is 3.99. The molecule has 0 aliphatic carbocycles. The Balaban J connectivity index is 2.52. The van der Waals surface area contributed by atoms with E-state index in [1.54, 1.807) is 0 Å². The summed E-state index contributed by atoms with van der Waals surface area (Å²) in [6.07, 6.45) is 4.63. The van der Waals surface area contributed by atoms with Crippen molar-refractivity contribution in [3.8, 4) is 24.2 Å². The molecule has 1 nitrogen and oxygen atoms in total. The maximum absolute atomic E-state index is 8.93. The SMILES string of the molecule is C#CC(O)C#CCc1ccccc1. The highest BCUT2D eigenvalue weighted by molar-refractivity contribution is 5.23. The minimum atomic E-state index is -0.941. The molecule has 1 rings (SSSR count). The Labute approximate surface area is 78.4 Å². The Bertz CT molecular complexity index is 348. The van der Waals surface area contributed by atoms with Crippen molar-refractivity contribution in [1.82, 2.24) is 0 Å². The van der Waals surface area contributed by atoms with Crippen LogP contribution in [0.4, 0.5) is 0 Å². The highest BCUT2D eigenvalue weighted by atomic mass is 16.3. The van der Waals surface area contributed by atoms with Crippen molar-refractivity contribution in [3.05, 3.63) is 35.9 Å². The highest BCUT2D eigenvalue weighted by Crippen LogP contribution is 1.97. The number of rotatable bonds is 1. The van der Waals surface area contributed by atoms with Crippen LogP contribution in [0.5, 0.6) is 0 Å². The van der Waals surface area contributed by atoms with Gasteiger partial charge in [-0.25, -0.2) is 0 Å². The fraction of sp³-hybridized carbons (Fsp3) is 0.167. The van der Waals surface area contributed by atoms with E-state index in [1.807, 2.05) is 30.3 Å². The molecule has 0 heterocycles. The molecular formula is C12H10O. The van der Waals surface area contributed by atoms with E-state index >= 15 is 0 Å². The summed E-state index contributed by atoms with van der Waals surface area (Å²) in [5.74, 6) is 7.49. The molecule has 1 heteroatoms. The first-order valence-corrected chi connectivity index (χ1v) is 3.99. The number of aliphatic hydroxyl groups is 1. The van der Waals surface area contributed by atoms with Crippen LogP contribution in [0.3, 0.4) is 0 Å². The second-order valence-corrected chi connectivity index (χ2v) is 2.55. The number of terminal acetylenes is 1. The number of benzene rings is 1. The Morgan fingerprint density at radius 2 is 2.00 bits per heavy atom. The fourth-order valence-corrected chi connectivity index (χ4v) is 0.887. The predicted molar refractivity (Wildman–Crippen MR) is 52.8 cm³/mol. The van der Waals surface area contributed by atoms with Gasteiger partial charge < -0.3 is 5.11 Å². The summed E-state index contributed by atoms with van der Waals surface area (Å²) in [6.45, 7) is 0. The molecule has 0 saturated heterocycles. The molecule has 13 heavy (non-hydrogen) atoms. The van der Waals surface area contributed by atoms with E-state index in [1.165, 1.54) is 0 Å². The van der Waals surface area contributed by atoms with Crippen LogP contribution in [0.1, 0.15) is 5.56 Å². The van der Waals surface area contributed by atoms with Crippen LogP contribution in [-0.2, 0) is 6.42 Å². The molecule has 1 aromatic rings. The van der Waals surface area contributed by atoms with Gasteiger partial charge in [-0.2, -0.15) is 0 Å². The zero-order valence-corrected chi connectivity index (χ0v) is 7.20. The molecule has 0 aliphatic rings. The lowest BCUT2D eigenvalue weighted by molar-refractivity contribution is 0.290. The topological polar surface area (TPSA) is 20.2 Å². The highest BCUT2D eigenvalue weighted by Gasteiger charge is 1.88. The molecule has 0 spiro atoms. The predicted octanol–water partition coefficient (Wildman–Crippen LogP) is 1.23. The van der Waals surface area contributed by atoms with E-state index in [-0.39, 0.29) is 0 Å². The Kier molecular flexibility index (Phi) is 3.64. The maximum atomic E-state index is 8.93. The van der Waals surface area contributed by atoms with Gasteiger partial charge in [0.2, 0.25) is 0 Å². The zero-order chi connectivity index (χ0) is 9.52. The number of hydrogen-bond donors (Lipinski definition) is 1. The molecular weight excluding hydrogens is 160 g/mol. The van der Waals surface area contributed by atoms with E-state index in [9.17, 15) is 0 Å². The van der Waals surface area contributed by atoms with Crippen LogP contribution in [0.25, 0.3) is 0 Å². The molecule has 0 bridgehead atoms.